The van der Waals surface area contributed by atoms with Gasteiger partial charge in [0.05, 0.1) is 17.6 Å². The van der Waals surface area contributed by atoms with Gasteiger partial charge in [-0.1, -0.05) is 0 Å². The van der Waals surface area contributed by atoms with Crippen molar-refractivity contribution in [2.75, 3.05) is 27.2 Å². The molecule has 9 heteroatoms. The summed E-state index contributed by atoms with van der Waals surface area (Å²) in [7, 11) is 1.66. The summed E-state index contributed by atoms with van der Waals surface area (Å²) in [6.07, 6.45) is 6.82. The maximum Gasteiger partial charge on any atom is 0.281 e. The lowest BCUT2D eigenvalue weighted by atomic mass is 10.0. The minimum absolute atomic E-state index is 0.275. The van der Waals surface area contributed by atoms with Crippen LogP contribution >= 0.6 is 0 Å². The van der Waals surface area contributed by atoms with Crippen LogP contribution in [0.2, 0.25) is 0 Å². The van der Waals surface area contributed by atoms with E-state index in [1.54, 1.807) is 37.4 Å². The van der Waals surface area contributed by atoms with Gasteiger partial charge < -0.3 is 0 Å². The molecule has 0 amide bonds. The summed E-state index contributed by atoms with van der Waals surface area (Å²) < 4.78 is 28.9. The number of aromatic nitrogens is 4. The molecule has 0 saturated carbocycles. The SMILES string of the molecule is CN(C)S(=O)(=O)N1CC[C@@H](Cc2cnc(-c3ccnn3C)cn2)C1. The van der Waals surface area contributed by atoms with Crippen LogP contribution in [-0.2, 0) is 23.7 Å². The Balaban J connectivity index is 1.65. The normalized spacial score (nSPS) is 19.2. The molecule has 2 aromatic rings. The zero-order chi connectivity index (χ0) is 17.3. The summed E-state index contributed by atoms with van der Waals surface area (Å²) in [4.78, 5) is 8.94. The van der Waals surface area contributed by atoms with E-state index >= 15 is 0 Å². The first-order chi connectivity index (χ1) is 11.4. The Morgan fingerprint density at radius 2 is 2.08 bits per heavy atom. The first-order valence-electron chi connectivity index (χ1n) is 7.85. The minimum Gasteiger partial charge on any atom is -0.266 e. The first kappa shape index (κ1) is 17.0. The molecule has 8 nitrogen and oxygen atoms in total. The number of aryl methyl sites for hydroxylation is 1. The monoisotopic (exact) mass is 350 g/mol. The Kier molecular flexibility index (Phi) is 4.66. The molecule has 1 saturated heterocycles. The molecule has 0 aromatic carbocycles. The molecule has 1 aliphatic rings. The van der Waals surface area contributed by atoms with E-state index in [9.17, 15) is 8.42 Å². The van der Waals surface area contributed by atoms with Crippen molar-refractivity contribution in [1.29, 1.82) is 0 Å². The lowest BCUT2D eigenvalue weighted by molar-refractivity contribution is 0.409. The Morgan fingerprint density at radius 3 is 2.67 bits per heavy atom. The quantitative estimate of drug-likeness (QED) is 0.786. The second-order valence-corrected chi connectivity index (χ2v) is 8.38. The van der Waals surface area contributed by atoms with Gasteiger partial charge in [-0.3, -0.25) is 14.6 Å². The Bertz CT molecular complexity index is 800. The van der Waals surface area contributed by atoms with Gasteiger partial charge in [0.15, 0.2) is 0 Å². The van der Waals surface area contributed by atoms with Crippen molar-refractivity contribution >= 4 is 10.2 Å². The molecule has 3 heterocycles. The second-order valence-electron chi connectivity index (χ2n) is 6.24. The Morgan fingerprint density at radius 1 is 1.29 bits per heavy atom. The van der Waals surface area contributed by atoms with Crippen molar-refractivity contribution in [3.05, 3.63) is 30.4 Å². The standard InChI is InChI=1S/C15H22N6O2S/c1-19(2)24(22,23)21-7-5-12(11-21)8-13-9-17-14(10-16-13)15-4-6-18-20(15)3/h4,6,9-10,12H,5,7-8,11H2,1-3H3/t12-/m0/s1. The van der Waals surface area contributed by atoms with Crippen LogP contribution in [0.3, 0.4) is 0 Å². The van der Waals surface area contributed by atoms with Crippen molar-refractivity contribution in [3.8, 4) is 11.4 Å². The van der Waals surface area contributed by atoms with Gasteiger partial charge in [-0.25, -0.2) is 0 Å². The second kappa shape index (κ2) is 6.58. The van der Waals surface area contributed by atoms with Gasteiger partial charge in [0.1, 0.15) is 5.69 Å². The number of nitrogens with zero attached hydrogens (tertiary/aromatic N) is 6. The fourth-order valence-corrected chi connectivity index (χ4v) is 4.11. The van der Waals surface area contributed by atoms with Crippen molar-refractivity contribution < 1.29 is 8.42 Å². The van der Waals surface area contributed by atoms with E-state index in [4.69, 9.17) is 0 Å². The van der Waals surface area contributed by atoms with Crippen molar-refractivity contribution in [2.45, 2.75) is 12.8 Å². The van der Waals surface area contributed by atoms with Crippen LogP contribution in [0.5, 0.6) is 0 Å². The summed E-state index contributed by atoms with van der Waals surface area (Å²) in [5, 5.41) is 4.13. The van der Waals surface area contributed by atoms with E-state index in [0.29, 0.717) is 13.1 Å². The zero-order valence-electron chi connectivity index (χ0n) is 14.1. The molecule has 0 spiro atoms. The van der Waals surface area contributed by atoms with Gasteiger partial charge in [0.2, 0.25) is 0 Å². The van der Waals surface area contributed by atoms with Crippen LogP contribution in [0.15, 0.2) is 24.7 Å². The van der Waals surface area contributed by atoms with Crippen LogP contribution < -0.4 is 0 Å². The van der Waals surface area contributed by atoms with Gasteiger partial charge >= 0.3 is 0 Å². The molecule has 3 rings (SSSR count). The Labute approximate surface area is 142 Å². The fourth-order valence-electron chi connectivity index (χ4n) is 2.92. The summed E-state index contributed by atoms with van der Waals surface area (Å²) >= 11 is 0. The van der Waals surface area contributed by atoms with Crippen LogP contribution in [0.4, 0.5) is 0 Å². The average molecular weight is 350 g/mol. The van der Waals surface area contributed by atoms with Gasteiger partial charge in [-0.05, 0) is 24.8 Å². The van der Waals surface area contributed by atoms with Crippen LogP contribution in [0.1, 0.15) is 12.1 Å². The van der Waals surface area contributed by atoms with Crippen molar-refractivity contribution in [3.63, 3.8) is 0 Å². The molecule has 0 unspecified atom stereocenters. The zero-order valence-corrected chi connectivity index (χ0v) is 14.9. The molecular formula is C15H22N6O2S. The molecule has 1 fully saturated rings. The third kappa shape index (κ3) is 3.33. The van der Waals surface area contributed by atoms with Crippen LogP contribution in [-0.4, -0.2) is 64.0 Å². The smallest absolute Gasteiger partial charge is 0.266 e. The van der Waals surface area contributed by atoms with Gasteiger partial charge in [-0.15, -0.1) is 0 Å². The van der Waals surface area contributed by atoms with E-state index in [1.807, 2.05) is 13.1 Å². The third-order valence-electron chi connectivity index (χ3n) is 4.32. The molecule has 130 valence electrons. The number of hydrogen-bond acceptors (Lipinski definition) is 5. The molecule has 1 aliphatic heterocycles. The molecule has 1 atom stereocenters. The lowest BCUT2D eigenvalue weighted by Gasteiger charge is -2.20. The summed E-state index contributed by atoms with van der Waals surface area (Å²) in [6, 6.07) is 1.89. The van der Waals surface area contributed by atoms with E-state index in [1.165, 1.54) is 8.61 Å². The fraction of sp³-hybridized carbons (Fsp3) is 0.533. The maximum atomic E-state index is 12.2. The highest BCUT2D eigenvalue weighted by molar-refractivity contribution is 7.86. The topological polar surface area (TPSA) is 84.2 Å². The van der Waals surface area contributed by atoms with E-state index < -0.39 is 10.2 Å². The third-order valence-corrected chi connectivity index (χ3v) is 6.23. The highest BCUT2D eigenvalue weighted by atomic mass is 32.2. The molecule has 24 heavy (non-hydrogen) atoms. The van der Waals surface area contributed by atoms with Gasteiger partial charge in [-0.2, -0.15) is 22.1 Å². The van der Waals surface area contributed by atoms with E-state index in [2.05, 4.69) is 15.1 Å². The minimum atomic E-state index is -3.32. The predicted molar refractivity (Wildman–Crippen MR) is 90.2 cm³/mol. The van der Waals surface area contributed by atoms with Crippen LogP contribution in [0.25, 0.3) is 11.4 Å². The molecule has 0 bridgehead atoms. The maximum absolute atomic E-state index is 12.2. The predicted octanol–water partition coefficient (Wildman–Crippen LogP) is 0.548. The molecular weight excluding hydrogens is 328 g/mol. The van der Waals surface area contributed by atoms with Crippen molar-refractivity contribution in [2.24, 2.45) is 13.0 Å². The van der Waals surface area contributed by atoms with Crippen molar-refractivity contribution in [1.82, 2.24) is 28.4 Å². The molecule has 0 N–H and O–H groups in total. The van der Waals surface area contributed by atoms with E-state index in [-0.39, 0.29) is 5.92 Å². The number of hydrogen-bond donors (Lipinski definition) is 0. The van der Waals surface area contributed by atoms with Gasteiger partial charge in [0, 0.05) is 46.6 Å². The molecule has 0 radical (unpaired) electrons. The average Bonchev–Trinajstić information content (AvgIpc) is 3.17. The molecule has 0 aliphatic carbocycles. The Hall–Kier alpha value is -1.84. The summed E-state index contributed by atoms with van der Waals surface area (Å²) in [5.74, 6) is 0.275. The highest BCUT2D eigenvalue weighted by Crippen LogP contribution is 2.23. The van der Waals surface area contributed by atoms with Gasteiger partial charge in [0.25, 0.3) is 10.2 Å². The molecule has 2 aromatic heterocycles. The first-order valence-corrected chi connectivity index (χ1v) is 9.24. The summed E-state index contributed by atoms with van der Waals surface area (Å²) in [6.45, 7) is 1.09. The van der Waals surface area contributed by atoms with E-state index in [0.717, 1.165) is 29.9 Å². The van der Waals surface area contributed by atoms with Crippen LogP contribution in [0, 0.1) is 5.92 Å². The lowest BCUT2D eigenvalue weighted by Crippen LogP contribution is -2.38. The summed E-state index contributed by atoms with van der Waals surface area (Å²) in [5.41, 5.74) is 2.58. The highest BCUT2D eigenvalue weighted by Gasteiger charge is 2.32. The largest absolute Gasteiger partial charge is 0.281 e. The number of rotatable bonds is 5.